The molecule has 7 rings (SSSR count). The van der Waals surface area contributed by atoms with Gasteiger partial charge in [0.25, 0.3) is 0 Å². The highest BCUT2D eigenvalue weighted by Gasteiger charge is 2.48. The van der Waals surface area contributed by atoms with E-state index in [0.717, 1.165) is 11.5 Å². The van der Waals surface area contributed by atoms with Crippen molar-refractivity contribution in [2.24, 2.45) is 0 Å². The predicted octanol–water partition coefficient (Wildman–Crippen LogP) is -6.99. The van der Waals surface area contributed by atoms with E-state index in [1.165, 1.54) is 37.6 Å². The third kappa shape index (κ3) is 36.5. The van der Waals surface area contributed by atoms with Crippen molar-refractivity contribution in [3.63, 3.8) is 0 Å². The Balaban J connectivity index is 0.893. The molecule has 5 heterocycles. The molecule has 3 saturated heterocycles. The molecule has 3 aliphatic heterocycles. The molecule has 0 unspecified atom stereocenters. The smallest absolute Gasteiger partial charge is 0.240 e. The molecule has 0 saturated carbocycles. The van der Waals surface area contributed by atoms with Crippen LogP contribution >= 0.6 is 0 Å². The molecular formula is C78H119FN12O34. The van der Waals surface area contributed by atoms with Crippen LogP contribution in [0.15, 0.2) is 54.7 Å². The molecule has 0 radical (unpaired) electrons. The van der Waals surface area contributed by atoms with Crippen LogP contribution in [0.25, 0.3) is 28.0 Å². The van der Waals surface area contributed by atoms with Gasteiger partial charge in [0.15, 0.2) is 30.4 Å². The standard InChI is InChI=1S/C78H119FN12O34/c1-47(95)84-66-72(107)69(104)58(41-92)123-75(66)120-34-31-113-28-25-110-22-15-80-62(100)12-19-116-44-78(45-117-20-13-63(101)81-16-23-111-26-29-114-32-35-121-76-67(85-48(2)96)73(108)70(105)59(42-93)124-76,46-118-21-14-64(102)82-17-24-112-27-30-115-33-36-122-77-68(86-49(3)97)74(109)71(106)60(43-94)125-77)88-65(103)39-83-61(99)5-4-18-119-52-8-10-54-50(37-52)6-9-55(87-54)56-40-91(90-89-56)51-7-11-57(98)53(79)38-51/h6-11,37-38,40,58-60,66-77,92-94,98,104-109H,4-5,12-36,39,41-46H2,1-3H3,(H,80,100)(H,81,101)(H,82,102)(H,83,99)(H,84,95)(H,85,96)(H,86,97)(H,88,103)/t58-,59-,60-,66-,67-,68-,69+,70+,71+,72-,73-,74-,75-,76-,77-/m1/s1. The maximum Gasteiger partial charge on any atom is 0.240 e. The first-order chi connectivity index (χ1) is 60.2. The van der Waals surface area contributed by atoms with Crippen molar-refractivity contribution >= 4 is 58.2 Å². The van der Waals surface area contributed by atoms with Crippen molar-refractivity contribution in [3.8, 4) is 28.6 Å². The topological polar surface area (TPSA) is 626 Å². The highest BCUT2D eigenvalue weighted by atomic mass is 19.1. The minimum Gasteiger partial charge on any atom is -0.505 e. The first-order valence-corrected chi connectivity index (χ1v) is 40.8. The molecule has 125 heavy (non-hydrogen) atoms. The molecule has 4 aromatic rings. The third-order valence-corrected chi connectivity index (χ3v) is 18.9. The van der Waals surface area contributed by atoms with E-state index >= 15 is 0 Å². The van der Waals surface area contributed by atoms with Crippen LogP contribution in [-0.4, -0.2) is 407 Å². The second kappa shape index (κ2) is 56.5. The minimum atomic E-state index is -1.62. The van der Waals surface area contributed by atoms with Gasteiger partial charge in [0, 0.05) is 77.5 Å². The van der Waals surface area contributed by atoms with Crippen molar-refractivity contribution < 1.29 is 170 Å². The molecular weight excluding hydrogens is 1670 g/mol. The van der Waals surface area contributed by atoms with E-state index in [1.54, 1.807) is 36.5 Å². The molecule has 3 aliphatic rings. The summed E-state index contributed by atoms with van der Waals surface area (Å²) in [6.07, 6.45) is -14.8. The number of amides is 8. The van der Waals surface area contributed by atoms with E-state index in [0.29, 0.717) is 28.3 Å². The summed E-state index contributed by atoms with van der Waals surface area (Å²) >= 11 is 0. The average molecular weight is 1790 g/mol. The van der Waals surface area contributed by atoms with Gasteiger partial charge in [0.05, 0.1) is 195 Å². The van der Waals surface area contributed by atoms with Crippen LogP contribution in [0.5, 0.6) is 11.5 Å². The van der Waals surface area contributed by atoms with E-state index in [9.17, 15) is 93.8 Å². The van der Waals surface area contributed by atoms with E-state index in [1.807, 2.05) is 0 Å². The molecule has 2 aromatic carbocycles. The number of pyridine rings is 1. The molecule has 0 aliphatic carbocycles. The van der Waals surface area contributed by atoms with Crippen LogP contribution in [0.3, 0.4) is 0 Å². The number of ether oxygens (including phenoxy) is 16. The van der Waals surface area contributed by atoms with Crippen molar-refractivity contribution in [1.82, 2.24) is 62.5 Å². The Morgan fingerprint density at radius 1 is 0.448 bits per heavy atom. The van der Waals surface area contributed by atoms with Crippen LogP contribution in [0.1, 0.15) is 52.9 Å². The van der Waals surface area contributed by atoms with E-state index in [-0.39, 0.29) is 197 Å². The SMILES string of the molecule is CC(=O)N[C@H]1[C@H](OCCOCCOCCNC(=O)CCOCC(COCCC(=O)NCCOCCOCCO[C@@H]2O[C@H](CO)[C@H](O)[C@H](O)[C@H]2NC(C)=O)(COCCC(=O)NCCOCCOCCO[C@@H]2O[C@H](CO)[C@H](O)[C@H](O)[C@H]2NC(C)=O)NC(=O)CNC(=O)CCCOc2ccc3nc(-c4cn(-c5ccc(O)c(F)c5)nn4)ccc3c2)O[C@H](CO)[C@H](O)[C@@H]1O. The Kier molecular flexibility index (Phi) is 46.7. The quantitative estimate of drug-likeness (QED) is 0.0183. The molecule has 0 bridgehead atoms. The fourth-order valence-corrected chi connectivity index (χ4v) is 12.6. The van der Waals surface area contributed by atoms with Gasteiger partial charge in [-0.25, -0.2) is 14.1 Å². The number of aliphatic hydroxyl groups excluding tert-OH is 9. The lowest BCUT2D eigenvalue weighted by molar-refractivity contribution is -0.272. The molecule has 3 fully saturated rings. The summed E-state index contributed by atoms with van der Waals surface area (Å²) in [5.74, 6) is -4.96. The Morgan fingerprint density at radius 2 is 0.856 bits per heavy atom. The molecule has 18 N–H and O–H groups in total. The van der Waals surface area contributed by atoms with Gasteiger partial charge in [-0.15, -0.1) is 5.10 Å². The largest absolute Gasteiger partial charge is 0.505 e. The number of carbonyl (C=O) groups excluding carboxylic acids is 8. The predicted molar refractivity (Wildman–Crippen MR) is 427 cm³/mol. The molecule has 46 nitrogen and oxygen atoms in total. The average Bonchev–Trinajstić information content (AvgIpc) is 1.53. The number of fused-ring (bicyclic) bond motifs is 1. The van der Waals surface area contributed by atoms with E-state index in [4.69, 9.17) is 75.8 Å². The summed E-state index contributed by atoms with van der Waals surface area (Å²) in [5, 5.41) is 131. The number of aromatic nitrogens is 4. The number of carbonyl (C=O) groups is 8. The molecule has 702 valence electrons. The zero-order valence-corrected chi connectivity index (χ0v) is 69.8. The van der Waals surface area contributed by atoms with Crippen molar-refractivity contribution in [1.29, 1.82) is 0 Å². The fourth-order valence-electron chi connectivity index (χ4n) is 12.6. The van der Waals surface area contributed by atoms with E-state index in [2.05, 4.69) is 57.8 Å². The number of phenolic OH excluding ortho intramolecular Hbond substituents is 1. The second-order valence-electron chi connectivity index (χ2n) is 28.8. The Bertz CT molecular complexity index is 3690. The number of hydrogen-bond donors (Lipinski definition) is 18. The van der Waals surface area contributed by atoms with Crippen molar-refractivity contribution in [2.75, 3.05) is 191 Å². The maximum absolute atomic E-state index is 14.1. The summed E-state index contributed by atoms with van der Waals surface area (Å²) in [6.45, 7) is 0.586. The zero-order valence-electron chi connectivity index (χ0n) is 69.8. The Labute approximate surface area is 718 Å². The van der Waals surface area contributed by atoms with Gasteiger partial charge in [-0.05, 0) is 42.8 Å². The minimum absolute atomic E-state index is 0.0326. The summed E-state index contributed by atoms with van der Waals surface area (Å²) in [6, 6.07) is 9.16. The number of halogens is 1. The fraction of sp³-hybridized carbons (Fsp3) is 0.679. The summed E-state index contributed by atoms with van der Waals surface area (Å²) < 4.78 is 106. The highest BCUT2D eigenvalue weighted by Crippen LogP contribution is 2.28. The molecule has 15 atom stereocenters. The van der Waals surface area contributed by atoms with Gasteiger partial charge in [-0.2, -0.15) is 0 Å². The number of phenols is 1. The second-order valence-corrected chi connectivity index (χ2v) is 28.8. The lowest BCUT2D eigenvalue weighted by Crippen LogP contribution is -2.64. The van der Waals surface area contributed by atoms with Gasteiger partial charge >= 0.3 is 0 Å². The monoisotopic (exact) mass is 1790 g/mol. The lowest BCUT2D eigenvalue weighted by Gasteiger charge is -2.42. The van der Waals surface area contributed by atoms with Gasteiger partial charge in [-0.3, -0.25) is 38.4 Å². The van der Waals surface area contributed by atoms with Crippen molar-refractivity contribution in [2.45, 2.75) is 150 Å². The van der Waals surface area contributed by atoms with Gasteiger partial charge in [-0.1, -0.05) is 11.3 Å². The van der Waals surface area contributed by atoms with Gasteiger partial charge in [0.1, 0.15) is 90.0 Å². The number of rotatable bonds is 61. The van der Waals surface area contributed by atoms with Crippen LogP contribution < -0.4 is 47.3 Å². The van der Waals surface area contributed by atoms with E-state index < -0.39 is 183 Å². The maximum atomic E-state index is 14.1. The molecule has 47 heteroatoms. The number of hydrogen-bond acceptors (Lipinski definition) is 37. The highest BCUT2D eigenvalue weighted by molar-refractivity contribution is 5.85. The zero-order chi connectivity index (χ0) is 90.5. The molecule has 0 spiro atoms. The summed E-state index contributed by atoms with van der Waals surface area (Å²) in [5.41, 5.74) is 0.213. The Hall–Kier alpha value is -8.68. The first kappa shape index (κ1) is 103. The normalized spacial score (nSPS) is 22.6. The molecule has 2 aromatic heterocycles. The number of nitrogens with zero attached hydrogens (tertiary/aromatic N) is 4. The Morgan fingerprint density at radius 3 is 1.26 bits per heavy atom. The lowest BCUT2D eigenvalue weighted by atomic mass is 9.97. The summed E-state index contributed by atoms with van der Waals surface area (Å²) in [7, 11) is 0. The number of aromatic hydroxyl groups is 1. The van der Waals surface area contributed by atoms with Gasteiger partial charge in [0.2, 0.25) is 47.3 Å². The first-order valence-electron chi connectivity index (χ1n) is 40.8. The van der Waals surface area contributed by atoms with Crippen LogP contribution in [0.2, 0.25) is 0 Å². The van der Waals surface area contributed by atoms with Crippen LogP contribution in [0, 0.1) is 5.82 Å². The number of aliphatic hydroxyl groups is 9. The van der Waals surface area contributed by atoms with Crippen LogP contribution in [0.4, 0.5) is 4.39 Å². The van der Waals surface area contributed by atoms with Crippen molar-refractivity contribution in [3.05, 3.63) is 60.5 Å². The number of nitrogens with one attached hydrogen (secondary N) is 8. The third-order valence-electron chi connectivity index (χ3n) is 18.9. The summed E-state index contributed by atoms with van der Waals surface area (Å²) in [4.78, 5) is 107. The van der Waals surface area contributed by atoms with Gasteiger partial charge < -0.3 is 169 Å². The van der Waals surface area contributed by atoms with Crippen LogP contribution in [-0.2, 0) is 109 Å². The number of benzene rings is 2. The molecule has 8 amide bonds.